The van der Waals surface area contributed by atoms with Crippen LogP contribution in [0.1, 0.15) is 37.3 Å². The van der Waals surface area contributed by atoms with Gasteiger partial charge in [0.05, 0.1) is 12.0 Å². The minimum Gasteiger partial charge on any atom is -0.352 e. The summed E-state index contributed by atoms with van der Waals surface area (Å²) in [5.74, 6) is -0.305. The molecule has 0 aliphatic rings. The molecular formula is C15H22ClF3N2O. The molecule has 1 rings (SSSR count). The van der Waals surface area contributed by atoms with Gasteiger partial charge in [-0.1, -0.05) is 38.0 Å². The van der Waals surface area contributed by atoms with E-state index >= 15 is 0 Å². The Morgan fingerprint density at radius 1 is 1.36 bits per heavy atom. The molecule has 1 unspecified atom stereocenters. The van der Waals surface area contributed by atoms with E-state index in [2.05, 4.69) is 5.32 Å². The Balaban J connectivity index is 0.00000441. The summed E-state index contributed by atoms with van der Waals surface area (Å²) in [6.45, 7) is 2.37. The van der Waals surface area contributed by atoms with Crippen molar-refractivity contribution in [3.8, 4) is 0 Å². The third-order valence-electron chi connectivity index (χ3n) is 3.17. The highest BCUT2D eigenvalue weighted by molar-refractivity contribution is 5.85. The molecule has 0 aliphatic heterocycles. The number of benzene rings is 1. The Morgan fingerprint density at radius 3 is 2.59 bits per heavy atom. The van der Waals surface area contributed by atoms with Gasteiger partial charge in [-0.3, -0.25) is 4.79 Å². The van der Waals surface area contributed by atoms with Crippen molar-refractivity contribution in [2.45, 2.75) is 44.8 Å². The maximum Gasteiger partial charge on any atom is 0.416 e. The third kappa shape index (κ3) is 7.13. The standard InChI is InChI=1S/C15H21F3N2O.ClH/c1-2-3-7-13(10-19)20-14(21)9-11-5-4-6-12(8-11)15(16,17)18;/h4-6,8,13H,2-3,7,9-10,19H2,1H3,(H,20,21);1H. The van der Waals surface area contributed by atoms with Gasteiger partial charge >= 0.3 is 6.18 Å². The van der Waals surface area contributed by atoms with E-state index in [1.165, 1.54) is 12.1 Å². The predicted molar refractivity (Wildman–Crippen MR) is 82.9 cm³/mol. The molecule has 1 aromatic carbocycles. The first-order valence-electron chi connectivity index (χ1n) is 7.02. The zero-order chi connectivity index (χ0) is 15.9. The molecule has 0 saturated heterocycles. The van der Waals surface area contributed by atoms with Crippen LogP contribution in [0.2, 0.25) is 0 Å². The molecule has 7 heteroatoms. The number of rotatable bonds is 7. The molecule has 126 valence electrons. The van der Waals surface area contributed by atoms with Crippen molar-refractivity contribution in [2.75, 3.05) is 6.54 Å². The van der Waals surface area contributed by atoms with Crippen molar-refractivity contribution in [3.63, 3.8) is 0 Å². The number of hydrogen-bond donors (Lipinski definition) is 2. The lowest BCUT2D eigenvalue weighted by molar-refractivity contribution is -0.137. The van der Waals surface area contributed by atoms with E-state index in [0.717, 1.165) is 31.4 Å². The van der Waals surface area contributed by atoms with Crippen molar-refractivity contribution in [2.24, 2.45) is 5.73 Å². The number of carbonyl (C=O) groups is 1. The predicted octanol–water partition coefficient (Wildman–Crippen LogP) is 3.30. The Kier molecular flexibility index (Phi) is 9.13. The van der Waals surface area contributed by atoms with Crippen LogP contribution in [-0.4, -0.2) is 18.5 Å². The molecule has 0 heterocycles. The number of unbranched alkanes of at least 4 members (excludes halogenated alkanes) is 1. The number of amides is 1. The first kappa shape index (κ1) is 20.7. The number of hydrogen-bond acceptors (Lipinski definition) is 2. The molecule has 22 heavy (non-hydrogen) atoms. The van der Waals surface area contributed by atoms with Crippen LogP contribution in [0.4, 0.5) is 13.2 Å². The summed E-state index contributed by atoms with van der Waals surface area (Å²) in [6, 6.07) is 4.69. The average Bonchev–Trinajstić information content (AvgIpc) is 2.42. The van der Waals surface area contributed by atoms with Gasteiger partial charge in [-0.05, 0) is 18.1 Å². The highest BCUT2D eigenvalue weighted by atomic mass is 35.5. The lowest BCUT2D eigenvalue weighted by atomic mass is 10.1. The van der Waals surface area contributed by atoms with Gasteiger partial charge in [0.2, 0.25) is 5.91 Å². The first-order chi connectivity index (χ1) is 9.86. The molecule has 1 aromatic rings. The average molecular weight is 339 g/mol. The van der Waals surface area contributed by atoms with Crippen LogP contribution in [0, 0.1) is 0 Å². The second-order valence-corrected chi connectivity index (χ2v) is 5.02. The van der Waals surface area contributed by atoms with Gasteiger partial charge in [0.15, 0.2) is 0 Å². The summed E-state index contributed by atoms with van der Waals surface area (Å²) in [5, 5.41) is 2.76. The second-order valence-electron chi connectivity index (χ2n) is 5.02. The minimum atomic E-state index is -4.40. The summed E-state index contributed by atoms with van der Waals surface area (Å²) < 4.78 is 37.8. The zero-order valence-corrected chi connectivity index (χ0v) is 13.3. The Hall–Kier alpha value is -1.27. The van der Waals surface area contributed by atoms with E-state index < -0.39 is 11.7 Å². The van der Waals surface area contributed by atoms with E-state index in [1.807, 2.05) is 6.92 Å². The van der Waals surface area contributed by atoms with Crippen molar-refractivity contribution in [1.29, 1.82) is 0 Å². The molecule has 0 radical (unpaired) electrons. The van der Waals surface area contributed by atoms with Crippen LogP contribution in [0.15, 0.2) is 24.3 Å². The first-order valence-corrected chi connectivity index (χ1v) is 7.02. The number of halogens is 4. The van der Waals surface area contributed by atoms with Crippen molar-refractivity contribution in [3.05, 3.63) is 35.4 Å². The monoisotopic (exact) mass is 338 g/mol. The normalized spacial score (nSPS) is 12.4. The fourth-order valence-corrected chi connectivity index (χ4v) is 2.02. The number of carbonyl (C=O) groups excluding carboxylic acids is 1. The molecule has 0 aliphatic carbocycles. The second kappa shape index (κ2) is 9.69. The molecule has 0 saturated carbocycles. The Bertz CT molecular complexity index is 466. The highest BCUT2D eigenvalue weighted by Gasteiger charge is 2.30. The topological polar surface area (TPSA) is 55.1 Å². The largest absolute Gasteiger partial charge is 0.416 e. The van der Waals surface area contributed by atoms with Gasteiger partial charge in [0.1, 0.15) is 0 Å². The van der Waals surface area contributed by atoms with Crippen molar-refractivity contribution < 1.29 is 18.0 Å². The Labute approximate surface area is 134 Å². The molecule has 3 nitrogen and oxygen atoms in total. The SMILES string of the molecule is CCCCC(CN)NC(=O)Cc1cccc(C(F)(F)F)c1.Cl. The van der Waals surface area contributed by atoms with Crippen LogP contribution in [-0.2, 0) is 17.4 Å². The van der Waals surface area contributed by atoms with Gasteiger partial charge in [-0.2, -0.15) is 13.2 Å². The van der Waals surface area contributed by atoms with Crippen LogP contribution < -0.4 is 11.1 Å². The molecule has 1 atom stereocenters. The molecule has 0 aromatic heterocycles. The van der Waals surface area contributed by atoms with Crippen LogP contribution >= 0.6 is 12.4 Å². The Morgan fingerprint density at radius 2 is 2.05 bits per heavy atom. The summed E-state index contributed by atoms with van der Waals surface area (Å²) in [5.41, 5.74) is 5.17. The van der Waals surface area contributed by atoms with Crippen molar-refractivity contribution in [1.82, 2.24) is 5.32 Å². The maximum absolute atomic E-state index is 12.6. The molecule has 0 fully saturated rings. The number of nitrogens with two attached hydrogens (primary N) is 1. The number of alkyl halides is 3. The smallest absolute Gasteiger partial charge is 0.352 e. The van der Waals surface area contributed by atoms with E-state index in [1.54, 1.807) is 0 Å². The van der Waals surface area contributed by atoms with Crippen molar-refractivity contribution >= 4 is 18.3 Å². The van der Waals surface area contributed by atoms with Gasteiger partial charge in [-0.15, -0.1) is 12.4 Å². The fraction of sp³-hybridized carbons (Fsp3) is 0.533. The molecule has 0 spiro atoms. The van der Waals surface area contributed by atoms with Crippen LogP contribution in [0.3, 0.4) is 0 Å². The summed E-state index contributed by atoms with van der Waals surface area (Å²) in [6.07, 6.45) is -1.74. The zero-order valence-electron chi connectivity index (χ0n) is 12.5. The minimum absolute atomic E-state index is 0. The summed E-state index contributed by atoms with van der Waals surface area (Å²) in [7, 11) is 0. The number of nitrogens with one attached hydrogen (secondary N) is 1. The van der Waals surface area contributed by atoms with Gasteiger partial charge in [0, 0.05) is 12.6 Å². The van der Waals surface area contributed by atoms with E-state index in [0.29, 0.717) is 12.1 Å². The van der Waals surface area contributed by atoms with Crippen LogP contribution in [0.5, 0.6) is 0 Å². The molecule has 3 N–H and O–H groups in total. The van der Waals surface area contributed by atoms with Crippen LogP contribution in [0.25, 0.3) is 0 Å². The molecule has 0 bridgehead atoms. The lowest BCUT2D eigenvalue weighted by Crippen LogP contribution is -2.40. The maximum atomic E-state index is 12.6. The van der Waals surface area contributed by atoms with Gasteiger partial charge < -0.3 is 11.1 Å². The summed E-state index contributed by atoms with van der Waals surface area (Å²) in [4.78, 5) is 11.9. The van der Waals surface area contributed by atoms with Gasteiger partial charge in [-0.25, -0.2) is 0 Å². The van der Waals surface area contributed by atoms with E-state index in [-0.39, 0.29) is 30.8 Å². The molecular weight excluding hydrogens is 317 g/mol. The quantitative estimate of drug-likeness (QED) is 0.801. The van der Waals surface area contributed by atoms with E-state index in [4.69, 9.17) is 5.73 Å². The molecule has 1 amide bonds. The lowest BCUT2D eigenvalue weighted by Gasteiger charge is -2.16. The van der Waals surface area contributed by atoms with Gasteiger partial charge in [0.25, 0.3) is 0 Å². The third-order valence-corrected chi connectivity index (χ3v) is 3.17. The summed E-state index contributed by atoms with van der Waals surface area (Å²) >= 11 is 0. The highest BCUT2D eigenvalue weighted by Crippen LogP contribution is 2.29. The fourth-order valence-electron chi connectivity index (χ4n) is 2.02. The van der Waals surface area contributed by atoms with E-state index in [9.17, 15) is 18.0 Å².